The third-order valence-corrected chi connectivity index (χ3v) is 7.58. The van der Waals surface area contributed by atoms with Crippen LogP contribution in [-0.4, -0.2) is 57.9 Å². The molecule has 0 unspecified atom stereocenters. The number of rotatable bonds is 6. The zero-order valence-electron chi connectivity index (χ0n) is 19.0. The van der Waals surface area contributed by atoms with E-state index in [0.29, 0.717) is 29.4 Å². The average molecular weight is 526 g/mol. The minimum absolute atomic E-state index is 0.198. The molecule has 1 atom stereocenters. The van der Waals surface area contributed by atoms with E-state index in [1.54, 1.807) is 11.4 Å². The number of amides is 2. The van der Waals surface area contributed by atoms with Crippen LogP contribution in [0.15, 0.2) is 66.4 Å². The SMILES string of the molecule is CS(=O)(=O)n1ccc(C(=O)N2CC[C@H]2C(=O)Nc2nc(-c3cccc(-c4ccnc(F)c4)c3)cs2)c1. The maximum Gasteiger partial charge on any atom is 0.256 e. The second kappa shape index (κ2) is 9.28. The van der Waals surface area contributed by atoms with Gasteiger partial charge in [0.1, 0.15) is 6.04 Å². The van der Waals surface area contributed by atoms with Gasteiger partial charge in [-0.15, -0.1) is 11.3 Å². The molecule has 1 saturated heterocycles. The minimum Gasteiger partial charge on any atom is -0.326 e. The molecule has 36 heavy (non-hydrogen) atoms. The molecule has 1 fully saturated rings. The Morgan fingerprint density at radius 2 is 1.92 bits per heavy atom. The second-order valence-corrected chi connectivity index (χ2v) is 11.0. The molecule has 1 N–H and O–H groups in total. The topological polar surface area (TPSA) is 114 Å². The van der Waals surface area contributed by atoms with Crippen LogP contribution in [0.25, 0.3) is 22.4 Å². The summed E-state index contributed by atoms with van der Waals surface area (Å²) in [5.41, 5.74) is 3.14. The summed E-state index contributed by atoms with van der Waals surface area (Å²) in [4.78, 5) is 35.1. The lowest BCUT2D eigenvalue weighted by Gasteiger charge is -2.39. The normalized spacial score (nSPS) is 15.4. The van der Waals surface area contributed by atoms with E-state index < -0.39 is 27.9 Å². The number of anilines is 1. The van der Waals surface area contributed by atoms with E-state index in [0.717, 1.165) is 21.4 Å². The van der Waals surface area contributed by atoms with Gasteiger partial charge in [0.05, 0.1) is 17.5 Å². The van der Waals surface area contributed by atoms with Gasteiger partial charge >= 0.3 is 0 Å². The number of carbonyl (C=O) groups is 2. The van der Waals surface area contributed by atoms with E-state index in [-0.39, 0.29) is 11.5 Å². The van der Waals surface area contributed by atoms with Gasteiger partial charge in [-0.05, 0) is 35.7 Å². The maximum absolute atomic E-state index is 13.5. The number of likely N-dealkylation sites (tertiary alicyclic amines) is 1. The predicted molar refractivity (Wildman–Crippen MR) is 133 cm³/mol. The van der Waals surface area contributed by atoms with Crippen LogP contribution in [0.4, 0.5) is 9.52 Å². The van der Waals surface area contributed by atoms with E-state index in [9.17, 15) is 22.4 Å². The van der Waals surface area contributed by atoms with Crippen molar-refractivity contribution in [1.29, 1.82) is 0 Å². The molecule has 0 bridgehead atoms. The second-order valence-electron chi connectivity index (χ2n) is 8.27. The molecule has 0 spiro atoms. The summed E-state index contributed by atoms with van der Waals surface area (Å²) in [6, 6.07) is 11.3. The fourth-order valence-corrected chi connectivity index (χ4v) is 5.18. The lowest BCUT2D eigenvalue weighted by atomic mass is 10.0. The zero-order chi connectivity index (χ0) is 25.4. The van der Waals surface area contributed by atoms with Gasteiger partial charge in [0.15, 0.2) is 5.13 Å². The van der Waals surface area contributed by atoms with Crippen molar-refractivity contribution in [1.82, 2.24) is 18.8 Å². The lowest BCUT2D eigenvalue weighted by Crippen LogP contribution is -2.56. The Bertz CT molecular complexity index is 1580. The van der Waals surface area contributed by atoms with Gasteiger partial charge in [0.25, 0.3) is 5.91 Å². The van der Waals surface area contributed by atoms with Gasteiger partial charge in [0.2, 0.25) is 21.9 Å². The Balaban J connectivity index is 1.27. The third kappa shape index (κ3) is 4.77. The summed E-state index contributed by atoms with van der Waals surface area (Å²) in [7, 11) is -3.50. The summed E-state index contributed by atoms with van der Waals surface area (Å²) >= 11 is 1.25. The summed E-state index contributed by atoms with van der Waals surface area (Å²) in [5.74, 6) is -1.33. The van der Waals surface area contributed by atoms with Crippen LogP contribution in [0, 0.1) is 5.95 Å². The van der Waals surface area contributed by atoms with Crippen LogP contribution >= 0.6 is 11.3 Å². The number of nitrogens with zero attached hydrogens (tertiary/aromatic N) is 4. The van der Waals surface area contributed by atoms with Crippen molar-refractivity contribution in [2.24, 2.45) is 0 Å². The molecule has 1 aliphatic heterocycles. The zero-order valence-corrected chi connectivity index (χ0v) is 20.6. The Morgan fingerprint density at radius 1 is 1.14 bits per heavy atom. The molecule has 12 heteroatoms. The summed E-state index contributed by atoms with van der Waals surface area (Å²) in [6.45, 7) is 0.395. The smallest absolute Gasteiger partial charge is 0.256 e. The first kappa shape index (κ1) is 23.8. The van der Waals surface area contributed by atoms with Crippen LogP contribution in [0.2, 0.25) is 0 Å². The summed E-state index contributed by atoms with van der Waals surface area (Å²) in [6.07, 6.45) is 5.48. The van der Waals surface area contributed by atoms with Gasteiger partial charge < -0.3 is 10.2 Å². The number of pyridine rings is 1. The number of thiazole rings is 1. The molecule has 4 heterocycles. The molecule has 184 valence electrons. The predicted octanol–water partition coefficient (Wildman–Crippen LogP) is 3.47. The van der Waals surface area contributed by atoms with E-state index in [1.165, 1.54) is 47.0 Å². The van der Waals surface area contributed by atoms with Gasteiger partial charge in [0, 0.05) is 42.1 Å². The van der Waals surface area contributed by atoms with Crippen molar-refractivity contribution in [3.8, 4) is 22.4 Å². The molecule has 0 radical (unpaired) electrons. The van der Waals surface area contributed by atoms with Crippen LogP contribution in [0.3, 0.4) is 0 Å². The summed E-state index contributed by atoms with van der Waals surface area (Å²) in [5, 5.41) is 4.96. The van der Waals surface area contributed by atoms with Crippen LogP contribution in [-0.2, 0) is 14.8 Å². The first-order chi connectivity index (χ1) is 17.2. The van der Waals surface area contributed by atoms with Crippen LogP contribution in [0.1, 0.15) is 16.8 Å². The number of carbonyl (C=O) groups excluding carboxylic acids is 2. The quantitative estimate of drug-likeness (QED) is 0.386. The lowest BCUT2D eigenvalue weighted by molar-refractivity contribution is -0.123. The van der Waals surface area contributed by atoms with E-state index in [1.807, 2.05) is 24.3 Å². The maximum atomic E-state index is 13.5. The van der Waals surface area contributed by atoms with Crippen molar-refractivity contribution in [2.75, 3.05) is 18.1 Å². The van der Waals surface area contributed by atoms with Gasteiger partial charge in [-0.1, -0.05) is 18.2 Å². The van der Waals surface area contributed by atoms with Crippen molar-refractivity contribution >= 4 is 38.3 Å². The Kier molecular flexibility index (Phi) is 6.14. The molecule has 9 nitrogen and oxygen atoms in total. The Morgan fingerprint density at radius 3 is 2.61 bits per heavy atom. The van der Waals surface area contributed by atoms with Crippen molar-refractivity contribution in [2.45, 2.75) is 12.5 Å². The highest BCUT2D eigenvalue weighted by molar-refractivity contribution is 7.89. The number of hydrogen-bond donors (Lipinski definition) is 1. The third-order valence-electron chi connectivity index (χ3n) is 5.83. The number of hydrogen-bond acceptors (Lipinski definition) is 7. The molecule has 0 saturated carbocycles. The molecule has 5 rings (SSSR count). The fourth-order valence-electron chi connectivity index (χ4n) is 3.87. The molecule has 4 aromatic rings. The van der Waals surface area contributed by atoms with E-state index in [2.05, 4.69) is 15.3 Å². The van der Waals surface area contributed by atoms with Crippen molar-refractivity contribution in [3.63, 3.8) is 0 Å². The summed E-state index contributed by atoms with van der Waals surface area (Å²) < 4.78 is 37.8. The minimum atomic E-state index is -3.50. The van der Waals surface area contributed by atoms with Crippen LogP contribution in [0.5, 0.6) is 0 Å². The molecular weight excluding hydrogens is 505 g/mol. The van der Waals surface area contributed by atoms with Gasteiger partial charge in [-0.25, -0.2) is 18.4 Å². The average Bonchev–Trinajstić information content (AvgIpc) is 3.48. The molecule has 0 aliphatic carbocycles. The molecule has 1 aromatic carbocycles. The van der Waals surface area contributed by atoms with Crippen molar-refractivity contribution in [3.05, 3.63) is 77.9 Å². The molecular formula is C24H20FN5O4S2. The number of nitrogens with one attached hydrogen (secondary N) is 1. The van der Waals surface area contributed by atoms with Gasteiger partial charge in [-0.2, -0.15) is 4.39 Å². The molecule has 3 aromatic heterocycles. The standard InChI is InChI=1S/C24H20FN5O4S2/c1-36(33,34)29-9-6-18(13-29)23(32)30-10-7-20(30)22(31)28-24-27-19(14-35-24)17-4-2-3-15(11-17)16-5-8-26-21(25)12-16/h2-6,8-9,11-14,20H,7,10H2,1H3,(H,27,28,31)/t20-/m0/s1. The van der Waals surface area contributed by atoms with E-state index >= 15 is 0 Å². The largest absolute Gasteiger partial charge is 0.326 e. The highest BCUT2D eigenvalue weighted by Gasteiger charge is 2.38. The monoisotopic (exact) mass is 525 g/mol. The van der Waals surface area contributed by atoms with Crippen LogP contribution < -0.4 is 5.32 Å². The van der Waals surface area contributed by atoms with Gasteiger partial charge in [-0.3, -0.25) is 13.6 Å². The number of aromatic nitrogens is 3. The van der Waals surface area contributed by atoms with E-state index in [4.69, 9.17) is 0 Å². The molecule has 1 aliphatic rings. The number of benzene rings is 1. The fraction of sp³-hybridized carbons (Fsp3) is 0.167. The number of halogens is 1. The Labute approximate surface area is 210 Å². The first-order valence-corrected chi connectivity index (χ1v) is 13.6. The highest BCUT2D eigenvalue weighted by Crippen LogP contribution is 2.30. The molecule has 2 amide bonds. The highest BCUT2D eigenvalue weighted by atomic mass is 32.2. The first-order valence-electron chi connectivity index (χ1n) is 10.9. The Hall–Kier alpha value is -3.90. The van der Waals surface area contributed by atoms with Crippen molar-refractivity contribution < 1.29 is 22.4 Å².